The second kappa shape index (κ2) is 6.83. The third-order valence-corrected chi connectivity index (χ3v) is 5.20. The molecule has 0 saturated carbocycles. The molecule has 0 aromatic heterocycles. The van der Waals surface area contributed by atoms with E-state index in [4.69, 9.17) is 0 Å². The molecule has 3 nitrogen and oxygen atoms in total. The Labute approximate surface area is 162 Å². The summed E-state index contributed by atoms with van der Waals surface area (Å²) in [6, 6.07) is 17.4. The Morgan fingerprint density at radius 3 is 2.39 bits per heavy atom. The van der Waals surface area contributed by atoms with E-state index in [-0.39, 0.29) is 10.6 Å². The number of alkyl halides is 3. The van der Waals surface area contributed by atoms with Crippen molar-refractivity contribution >= 4 is 45.4 Å². The van der Waals surface area contributed by atoms with Gasteiger partial charge in [-0.25, -0.2) is 4.90 Å². The van der Waals surface area contributed by atoms with E-state index in [1.807, 2.05) is 42.5 Å². The molecule has 1 aliphatic heterocycles. The van der Waals surface area contributed by atoms with Crippen LogP contribution in [-0.2, 0) is 11.0 Å². The lowest BCUT2D eigenvalue weighted by Crippen LogP contribution is -2.28. The fraction of sp³-hybridized carbons (Fsp3) is 0.0476. The van der Waals surface area contributed by atoms with Crippen LogP contribution in [0.15, 0.2) is 71.6 Å². The van der Waals surface area contributed by atoms with Crippen LogP contribution in [0.1, 0.15) is 11.1 Å². The molecular weight excluding hydrogens is 387 g/mol. The normalized spacial score (nSPS) is 16.4. The maximum Gasteiger partial charge on any atom is 0.416 e. The van der Waals surface area contributed by atoms with Crippen molar-refractivity contribution in [2.24, 2.45) is 0 Å². The van der Waals surface area contributed by atoms with Crippen LogP contribution in [0.3, 0.4) is 0 Å². The molecule has 1 aliphatic rings. The number of rotatable bonds is 2. The van der Waals surface area contributed by atoms with E-state index in [0.717, 1.165) is 33.4 Å². The van der Waals surface area contributed by atoms with Crippen LogP contribution in [0.4, 0.5) is 23.7 Å². The van der Waals surface area contributed by atoms with Crippen LogP contribution in [-0.4, -0.2) is 11.1 Å². The minimum atomic E-state index is -4.56. The maximum absolute atomic E-state index is 13.0. The zero-order chi connectivity index (χ0) is 19.9. The van der Waals surface area contributed by atoms with Crippen LogP contribution in [0.25, 0.3) is 16.8 Å². The Kier molecular flexibility index (Phi) is 4.47. The van der Waals surface area contributed by atoms with E-state index in [2.05, 4.69) is 0 Å². The zero-order valence-electron chi connectivity index (χ0n) is 14.2. The molecule has 7 heteroatoms. The lowest BCUT2D eigenvalue weighted by Gasteiger charge is -2.14. The number of carbonyl (C=O) groups excluding carboxylic acids is 2. The number of halogens is 3. The van der Waals surface area contributed by atoms with Crippen LogP contribution in [0.2, 0.25) is 0 Å². The molecule has 0 unspecified atom stereocenters. The van der Waals surface area contributed by atoms with Crippen molar-refractivity contribution in [1.29, 1.82) is 0 Å². The number of fused-ring (bicyclic) bond motifs is 1. The first-order chi connectivity index (χ1) is 13.3. The summed E-state index contributed by atoms with van der Waals surface area (Å²) in [5, 5.41) is 1.26. The molecular formula is C21H12F3NO2S. The fourth-order valence-corrected chi connectivity index (χ4v) is 3.86. The van der Waals surface area contributed by atoms with Gasteiger partial charge in [-0.3, -0.25) is 9.59 Å². The molecule has 0 aliphatic carbocycles. The van der Waals surface area contributed by atoms with Gasteiger partial charge in [-0.2, -0.15) is 13.2 Å². The number of thioether (sulfide) groups is 1. The molecule has 1 saturated heterocycles. The van der Waals surface area contributed by atoms with Crippen molar-refractivity contribution in [3.8, 4) is 0 Å². The molecule has 4 rings (SSSR count). The lowest BCUT2D eigenvalue weighted by molar-refractivity contribution is -0.137. The van der Waals surface area contributed by atoms with E-state index in [1.54, 1.807) is 6.08 Å². The van der Waals surface area contributed by atoms with Gasteiger partial charge in [-0.05, 0) is 52.4 Å². The van der Waals surface area contributed by atoms with Crippen LogP contribution in [0, 0.1) is 0 Å². The van der Waals surface area contributed by atoms with Gasteiger partial charge in [-0.15, -0.1) is 0 Å². The molecule has 0 spiro atoms. The molecule has 1 heterocycles. The first kappa shape index (κ1) is 18.3. The molecule has 3 aromatic rings. The summed E-state index contributed by atoms with van der Waals surface area (Å²) in [7, 11) is 0. The highest BCUT2D eigenvalue weighted by Crippen LogP contribution is 2.38. The number of amides is 2. The van der Waals surface area contributed by atoms with Gasteiger partial charge in [0.15, 0.2) is 0 Å². The molecule has 0 atom stereocenters. The molecule has 0 N–H and O–H groups in total. The zero-order valence-corrected chi connectivity index (χ0v) is 15.1. The van der Waals surface area contributed by atoms with Crippen LogP contribution >= 0.6 is 11.8 Å². The quantitative estimate of drug-likeness (QED) is 0.489. The summed E-state index contributed by atoms with van der Waals surface area (Å²) in [5.74, 6) is -0.637. The molecule has 0 bridgehead atoms. The average molecular weight is 399 g/mol. The summed E-state index contributed by atoms with van der Waals surface area (Å²) in [6.45, 7) is 0. The number of hydrogen-bond donors (Lipinski definition) is 0. The molecule has 140 valence electrons. The Morgan fingerprint density at radius 2 is 1.61 bits per heavy atom. The standard InChI is InChI=1S/C21H12F3NO2S/c22-21(23,24)15-8-4-9-16(12-15)25-19(26)18(28-20(25)27)11-14-7-3-6-13-5-1-2-10-17(13)14/h1-12H/b18-11-. The molecule has 2 amide bonds. The summed E-state index contributed by atoms with van der Waals surface area (Å²) < 4.78 is 38.9. The minimum Gasteiger partial charge on any atom is -0.268 e. The first-order valence-corrected chi connectivity index (χ1v) is 9.09. The number of benzene rings is 3. The van der Waals surface area contributed by atoms with Crippen LogP contribution < -0.4 is 4.90 Å². The predicted octanol–water partition coefficient (Wildman–Crippen LogP) is 6.10. The first-order valence-electron chi connectivity index (χ1n) is 8.27. The van der Waals surface area contributed by atoms with Gasteiger partial charge in [-0.1, -0.05) is 48.5 Å². The molecule has 0 radical (unpaired) electrons. The predicted molar refractivity (Wildman–Crippen MR) is 104 cm³/mol. The fourth-order valence-electron chi connectivity index (χ4n) is 3.03. The highest BCUT2D eigenvalue weighted by atomic mass is 32.2. The van der Waals surface area contributed by atoms with Gasteiger partial charge < -0.3 is 0 Å². The van der Waals surface area contributed by atoms with Crippen molar-refractivity contribution in [1.82, 2.24) is 0 Å². The summed E-state index contributed by atoms with van der Waals surface area (Å²) in [6.07, 6.45) is -2.96. The minimum absolute atomic E-state index is 0.0985. The van der Waals surface area contributed by atoms with Crippen molar-refractivity contribution < 1.29 is 22.8 Å². The highest BCUT2D eigenvalue weighted by molar-refractivity contribution is 8.19. The molecule has 3 aromatic carbocycles. The van der Waals surface area contributed by atoms with Gasteiger partial charge in [0.2, 0.25) is 0 Å². The molecule has 1 fully saturated rings. The summed E-state index contributed by atoms with van der Waals surface area (Å²) in [5.41, 5.74) is -0.256. The van der Waals surface area contributed by atoms with Gasteiger partial charge in [0.05, 0.1) is 16.2 Å². The molecule has 28 heavy (non-hydrogen) atoms. The topological polar surface area (TPSA) is 37.4 Å². The SMILES string of the molecule is O=C1S/C(=C\c2cccc3ccccc23)C(=O)N1c1cccc(C(F)(F)F)c1. The number of imide groups is 1. The van der Waals surface area contributed by atoms with Gasteiger partial charge >= 0.3 is 6.18 Å². The van der Waals surface area contributed by atoms with Gasteiger partial charge in [0.25, 0.3) is 11.1 Å². The lowest BCUT2D eigenvalue weighted by atomic mass is 10.0. The van der Waals surface area contributed by atoms with E-state index in [9.17, 15) is 22.8 Å². The summed E-state index contributed by atoms with van der Waals surface area (Å²) >= 11 is 0.711. The van der Waals surface area contributed by atoms with E-state index in [0.29, 0.717) is 11.8 Å². The van der Waals surface area contributed by atoms with E-state index < -0.39 is 22.9 Å². The van der Waals surface area contributed by atoms with E-state index >= 15 is 0 Å². The summed E-state index contributed by atoms with van der Waals surface area (Å²) in [4.78, 5) is 26.0. The van der Waals surface area contributed by atoms with Crippen molar-refractivity contribution in [3.05, 3.63) is 82.8 Å². The van der Waals surface area contributed by atoms with Crippen molar-refractivity contribution in [2.45, 2.75) is 6.18 Å². The monoisotopic (exact) mass is 399 g/mol. The van der Waals surface area contributed by atoms with Crippen molar-refractivity contribution in [3.63, 3.8) is 0 Å². The Balaban J connectivity index is 1.73. The maximum atomic E-state index is 13.0. The van der Waals surface area contributed by atoms with Crippen LogP contribution in [0.5, 0.6) is 0 Å². The average Bonchev–Trinajstić information content (AvgIpc) is 2.95. The Morgan fingerprint density at radius 1 is 0.893 bits per heavy atom. The van der Waals surface area contributed by atoms with E-state index in [1.165, 1.54) is 12.1 Å². The van der Waals surface area contributed by atoms with Crippen molar-refractivity contribution in [2.75, 3.05) is 4.90 Å². The largest absolute Gasteiger partial charge is 0.416 e. The number of anilines is 1. The van der Waals surface area contributed by atoms with Gasteiger partial charge in [0.1, 0.15) is 0 Å². The second-order valence-corrected chi connectivity index (χ2v) is 7.13. The number of hydrogen-bond acceptors (Lipinski definition) is 3. The smallest absolute Gasteiger partial charge is 0.268 e. The Bertz CT molecular complexity index is 1130. The van der Waals surface area contributed by atoms with Gasteiger partial charge in [0, 0.05) is 0 Å². The Hall–Kier alpha value is -3.06. The third-order valence-electron chi connectivity index (χ3n) is 4.34. The second-order valence-electron chi connectivity index (χ2n) is 6.13. The number of carbonyl (C=O) groups is 2. The number of nitrogens with zero attached hydrogens (tertiary/aromatic N) is 1. The third kappa shape index (κ3) is 3.29. The highest BCUT2D eigenvalue weighted by Gasteiger charge is 2.38.